The van der Waals surface area contributed by atoms with Gasteiger partial charge in [0, 0.05) is 13.1 Å². The number of sulfonamides is 1. The number of nitrogens with two attached hydrogens (primary N) is 1. The molecule has 1 rings (SSSR count). The molecule has 0 bridgehead atoms. The van der Waals surface area contributed by atoms with E-state index in [1.807, 2.05) is 6.26 Å². The molecule has 0 unspecified atom stereocenters. The van der Waals surface area contributed by atoms with E-state index < -0.39 is 16.1 Å². The van der Waals surface area contributed by atoms with Crippen LogP contribution in [0.25, 0.3) is 0 Å². The Kier molecular flexibility index (Phi) is 10.7. The zero-order valence-corrected chi connectivity index (χ0v) is 14.8. The van der Waals surface area contributed by atoms with Gasteiger partial charge >= 0.3 is 0 Å². The van der Waals surface area contributed by atoms with Gasteiger partial charge in [0.15, 0.2) is 0 Å². The van der Waals surface area contributed by atoms with E-state index in [1.54, 1.807) is 11.8 Å². The van der Waals surface area contributed by atoms with Crippen LogP contribution in [0.2, 0.25) is 0 Å². The first-order valence-electron chi connectivity index (χ1n) is 6.94. The molecular weight excluding hydrogens is 334 g/mol. The Morgan fingerprint density at radius 2 is 2.10 bits per heavy atom. The molecule has 1 atom stereocenters. The molecule has 0 aromatic rings. The molecule has 4 N–H and O–H groups in total. The average Bonchev–Trinajstić information content (AvgIpc) is 2.33. The number of rotatable bonds is 10. The van der Waals surface area contributed by atoms with E-state index in [0.29, 0.717) is 18.9 Å². The second kappa shape index (κ2) is 10.7. The lowest BCUT2D eigenvalue weighted by Gasteiger charge is -2.25. The van der Waals surface area contributed by atoms with Crippen molar-refractivity contribution in [1.29, 1.82) is 0 Å². The van der Waals surface area contributed by atoms with E-state index >= 15 is 0 Å². The molecule has 1 amide bonds. The number of halogens is 1. The second-order valence-electron chi connectivity index (χ2n) is 5.14. The van der Waals surface area contributed by atoms with E-state index in [9.17, 15) is 13.2 Å². The molecule has 126 valence electrons. The maximum atomic E-state index is 11.7. The van der Waals surface area contributed by atoms with E-state index in [4.69, 9.17) is 5.73 Å². The van der Waals surface area contributed by atoms with Crippen LogP contribution >= 0.6 is 24.2 Å². The van der Waals surface area contributed by atoms with Gasteiger partial charge in [0.05, 0.1) is 11.8 Å². The first-order chi connectivity index (χ1) is 9.44. The van der Waals surface area contributed by atoms with Gasteiger partial charge in [-0.2, -0.15) is 11.8 Å². The van der Waals surface area contributed by atoms with Crippen molar-refractivity contribution in [3.05, 3.63) is 0 Å². The number of carbonyl (C=O) groups excluding carboxylic acids is 1. The van der Waals surface area contributed by atoms with Crippen LogP contribution in [0.5, 0.6) is 0 Å². The minimum absolute atomic E-state index is 0. The molecule has 21 heavy (non-hydrogen) atoms. The van der Waals surface area contributed by atoms with Crippen molar-refractivity contribution < 1.29 is 13.2 Å². The Morgan fingerprint density at radius 3 is 2.62 bits per heavy atom. The van der Waals surface area contributed by atoms with Crippen molar-refractivity contribution in [1.82, 2.24) is 10.0 Å². The lowest BCUT2D eigenvalue weighted by Crippen LogP contribution is -2.44. The Morgan fingerprint density at radius 1 is 1.43 bits per heavy atom. The first-order valence-corrected chi connectivity index (χ1v) is 9.99. The lowest BCUT2D eigenvalue weighted by atomic mass is 9.86. The van der Waals surface area contributed by atoms with Gasteiger partial charge in [-0.15, -0.1) is 12.4 Å². The maximum Gasteiger partial charge on any atom is 0.236 e. The summed E-state index contributed by atoms with van der Waals surface area (Å²) in [5, 5.41) is 2.57. The third-order valence-corrected chi connectivity index (χ3v) is 5.45. The van der Waals surface area contributed by atoms with Gasteiger partial charge < -0.3 is 11.1 Å². The molecule has 0 aromatic heterocycles. The molecule has 1 fully saturated rings. The number of amides is 1. The average molecular weight is 360 g/mol. The first kappa shape index (κ1) is 21.0. The molecule has 0 aliphatic heterocycles. The van der Waals surface area contributed by atoms with Crippen LogP contribution in [0.4, 0.5) is 0 Å². The van der Waals surface area contributed by atoms with Gasteiger partial charge in [0.25, 0.3) is 0 Å². The molecule has 0 heterocycles. The number of carbonyl (C=O) groups is 1. The number of hydrogen-bond donors (Lipinski definition) is 3. The topological polar surface area (TPSA) is 101 Å². The van der Waals surface area contributed by atoms with Gasteiger partial charge in [-0.3, -0.25) is 4.79 Å². The van der Waals surface area contributed by atoms with Crippen LogP contribution in [-0.4, -0.2) is 51.2 Å². The molecule has 0 spiro atoms. The fourth-order valence-corrected chi connectivity index (χ4v) is 3.32. The predicted octanol–water partition coefficient (Wildman–Crippen LogP) is 0.324. The van der Waals surface area contributed by atoms with Crippen molar-refractivity contribution in [2.75, 3.05) is 30.9 Å². The molecule has 0 aromatic carbocycles. The molecule has 0 radical (unpaired) electrons. The van der Waals surface area contributed by atoms with Gasteiger partial charge in [-0.1, -0.05) is 6.42 Å². The highest BCUT2D eigenvalue weighted by Crippen LogP contribution is 2.25. The van der Waals surface area contributed by atoms with Crippen molar-refractivity contribution in [3.8, 4) is 0 Å². The highest BCUT2D eigenvalue weighted by molar-refractivity contribution is 7.98. The molecule has 1 saturated carbocycles. The summed E-state index contributed by atoms with van der Waals surface area (Å²) in [4.78, 5) is 11.6. The number of thioether (sulfide) groups is 1. The smallest absolute Gasteiger partial charge is 0.236 e. The van der Waals surface area contributed by atoms with Crippen LogP contribution in [0.1, 0.15) is 25.7 Å². The molecular formula is C12H26ClN3O3S2. The largest absolute Gasteiger partial charge is 0.354 e. The summed E-state index contributed by atoms with van der Waals surface area (Å²) in [5.74, 6) is 0.920. The zero-order chi connectivity index (χ0) is 15.0. The number of nitrogens with one attached hydrogen (secondary N) is 2. The standard InChI is InChI=1S/C12H25N3O3S2.ClH/c1-19-7-5-11(13)12(16)14-6-8-20(17,18)15-9-10-3-2-4-10;/h10-11,15H,2-9,13H2,1H3,(H,14,16);1H/t11-;/m0./s1. The molecule has 0 saturated heterocycles. The van der Waals surface area contributed by atoms with Gasteiger partial charge in [0.2, 0.25) is 15.9 Å². The summed E-state index contributed by atoms with van der Waals surface area (Å²) in [6.07, 6.45) is 5.94. The van der Waals surface area contributed by atoms with Gasteiger partial charge in [-0.25, -0.2) is 13.1 Å². The van der Waals surface area contributed by atoms with Crippen LogP contribution in [0.15, 0.2) is 0 Å². The summed E-state index contributed by atoms with van der Waals surface area (Å²) in [7, 11) is -3.30. The maximum absolute atomic E-state index is 11.7. The minimum Gasteiger partial charge on any atom is -0.354 e. The van der Waals surface area contributed by atoms with Crippen LogP contribution < -0.4 is 15.8 Å². The van der Waals surface area contributed by atoms with Gasteiger partial charge in [-0.05, 0) is 37.2 Å². The summed E-state index contributed by atoms with van der Waals surface area (Å²) in [6, 6.07) is -0.562. The minimum atomic E-state index is -3.30. The normalized spacial score (nSPS) is 16.7. The monoisotopic (exact) mass is 359 g/mol. The van der Waals surface area contributed by atoms with Crippen molar-refractivity contribution in [2.24, 2.45) is 11.7 Å². The summed E-state index contributed by atoms with van der Waals surface area (Å²) in [5.41, 5.74) is 5.69. The Hall–Kier alpha value is -0.0200. The van der Waals surface area contributed by atoms with E-state index in [-0.39, 0.29) is 30.6 Å². The molecule has 9 heteroatoms. The summed E-state index contributed by atoms with van der Waals surface area (Å²) < 4.78 is 26.0. The Balaban J connectivity index is 0.00000400. The van der Waals surface area contributed by atoms with Crippen LogP contribution in [-0.2, 0) is 14.8 Å². The molecule has 6 nitrogen and oxygen atoms in total. The fourth-order valence-electron chi connectivity index (χ4n) is 1.83. The fraction of sp³-hybridized carbons (Fsp3) is 0.917. The van der Waals surface area contributed by atoms with Crippen molar-refractivity contribution in [3.63, 3.8) is 0 Å². The van der Waals surface area contributed by atoms with E-state index in [0.717, 1.165) is 18.6 Å². The third-order valence-electron chi connectivity index (χ3n) is 3.46. The van der Waals surface area contributed by atoms with Crippen LogP contribution in [0, 0.1) is 5.92 Å². The molecule has 1 aliphatic carbocycles. The highest BCUT2D eigenvalue weighted by Gasteiger charge is 2.20. The third kappa shape index (κ3) is 8.87. The number of hydrogen-bond acceptors (Lipinski definition) is 5. The van der Waals surface area contributed by atoms with E-state index in [2.05, 4.69) is 10.0 Å². The molecule has 1 aliphatic rings. The predicted molar refractivity (Wildman–Crippen MR) is 90.4 cm³/mol. The SMILES string of the molecule is CSCC[C@H](N)C(=O)NCCS(=O)(=O)NCC1CCC1.Cl. The summed E-state index contributed by atoms with van der Waals surface area (Å²) >= 11 is 1.63. The lowest BCUT2D eigenvalue weighted by molar-refractivity contribution is -0.122. The zero-order valence-electron chi connectivity index (χ0n) is 12.3. The Bertz CT molecular complexity index is 403. The highest BCUT2D eigenvalue weighted by atomic mass is 35.5. The van der Waals surface area contributed by atoms with Gasteiger partial charge in [0.1, 0.15) is 0 Å². The second-order valence-corrected chi connectivity index (χ2v) is 8.06. The van der Waals surface area contributed by atoms with E-state index in [1.165, 1.54) is 6.42 Å². The quantitative estimate of drug-likeness (QED) is 0.521. The van der Waals surface area contributed by atoms with Crippen LogP contribution in [0.3, 0.4) is 0 Å². The summed E-state index contributed by atoms with van der Waals surface area (Å²) in [6.45, 7) is 0.620. The van der Waals surface area contributed by atoms with Crippen molar-refractivity contribution >= 4 is 40.1 Å². The van der Waals surface area contributed by atoms with Crippen molar-refractivity contribution in [2.45, 2.75) is 31.7 Å². The Labute approximate surface area is 137 Å².